The fourth-order valence-corrected chi connectivity index (χ4v) is 4.34. The van der Waals surface area contributed by atoms with Crippen LogP contribution in [0.25, 0.3) is 0 Å². The van der Waals surface area contributed by atoms with Gasteiger partial charge in [-0.15, -0.1) is 11.3 Å². The molecule has 1 saturated heterocycles. The average molecular weight is 416 g/mol. The molecule has 4 rings (SSSR count). The van der Waals surface area contributed by atoms with E-state index in [1.54, 1.807) is 29.7 Å². The van der Waals surface area contributed by atoms with Crippen LogP contribution >= 0.6 is 11.3 Å². The third-order valence-electron chi connectivity index (χ3n) is 5.13. The number of thiazole rings is 1. The van der Waals surface area contributed by atoms with E-state index in [4.69, 9.17) is 4.65 Å². The Balaban J connectivity index is 1.31. The normalized spacial score (nSPS) is 19.4. The number of nitrogens with zero attached hydrogens (tertiary/aromatic N) is 3. The van der Waals surface area contributed by atoms with Crippen LogP contribution in [0.4, 0.5) is 5.13 Å². The molecule has 1 atom stereocenters. The molecule has 152 valence electrons. The summed E-state index contributed by atoms with van der Waals surface area (Å²) >= 11 is 1.60. The molecule has 0 radical (unpaired) electrons. The Morgan fingerprint density at radius 1 is 1.31 bits per heavy atom. The maximum atomic E-state index is 12.5. The van der Waals surface area contributed by atoms with Crippen molar-refractivity contribution in [1.82, 2.24) is 15.2 Å². The zero-order valence-electron chi connectivity index (χ0n) is 15.7. The van der Waals surface area contributed by atoms with E-state index in [1.807, 2.05) is 5.38 Å². The van der Waals surface area contributed by atoms with Gasteiger partial charge in [0.2, 0.25) is 5.91 Å². The number of benzene rings is 1. The lowest BCUT2D eigenvalue weighted by Gasteiger charge is -2.34. The van der Waals surface area contributed by atoms with Crippen molar-refractivity contribution in [3.8, 4) is 5.75 Å². The fourth-order valence-electron chi connectivity index (χ4n) is 3.64. The first-order valence-electron chi connectivity index (χ1n) is 9.37. The molecule has 9 nitrogen and oxygen atoms in total. The highest BCUT2D eigenvalue weighted by Gasteiger charge is 2.38. The van der Waals surface area contributed by atoms with Gasteiger partial charge in [0.05, 0.1) is 18.0 Å². The van der Waals surface area contributed by atoms with Crippen molar-refractivity contribution in [3.63, 3.8) is 0 Å². The molecule has 2 aliphatic rings. The molecule has 0 saturated carbocycles. The van der Waals surface area contributed by atoms with Gasteiger partial charge in [-0.3, -0.25) is 9.69 Å². The van der Waals surface area contributed by atoms with E-state index >= 15 is 0 Å². The molecule has 3 N–H and O–H groups in total. The second-order valence-electron chi connectivity index (χ2n) is 7.06. The number of rotatable bonds is 5. The van der Waals surface area contributed by atoms with Crippen LogP contribution in [0.5, 0.6) is 5.75 Å². The van der Waals surface area contributed by atoms with Crippen molar-refractivity contribution >= 4 is 35.5 Å². The van der Waals surface area contributed by atoms with Crippen LogP contribution in [-0.2, 0) is 11.2 Å². The lowest BCUT2D eigenvalue weighted by molar-refractivity contribution is -0.122. The first kappa shape index (κ1) is 19.7. The van der Waals surface area contributed by atoms with Crippen LogP contribution in [-0.4, -0.2) is 77.7 Å². The molecule has 11 heteroatoms. The number of carboxylic acid groups (broad SMARTS) is 1. The van der Waals surface area contributed by atoms with Crippen LogP contribution in [0.15, 0.2) is 29.8 Å². The Morgan fingerprint density at radius 3 is 2.79 bits per heavy atom. The zero-order valence-corrected chi connectivity index (χ0v) is 16.5. The lowest BCUT2D eigenvalue weighted by Crippen LogP contribution is -2.56. The van der Waals surface area contributed by atoms with Crippen molar-refractivity contribution in [3.05, 3.63) is 40.9 Å². The summed E-state index contributed by atoms with van der Waals surface area (Å²) in [6.45, 7) is 3.35. The van der Waals surface area contributed by atoms with Gasteiger partial charge in [-0.25, -0.2) is 9.78 Å². The fraction of sp³-hybridized carbons (Fsp3) is 0.389. The highest BCUT2D eigenvalue weighted by atomic mass is 32.1. The highest BCUT2D eigenvalue weighted by Crippen LogP contribution is 2.30. The Kier molecular flexibility index (Phi) is 5.70. The predicted octanol–water partition coefficient (Wildman–Crippen LogP) is 0.103. The number of nitrogens with one attached hydrogen (secondary N) is 1. The maximum absolute atomic E-state index is 12.5. The quantitative estimate of drug-likeness (QED) is 0.589. The molecule has 3 heterocycles. The Bertz CT molecular complexity index is 888. The first-order valence-corrected chi connectivity index (χ1v) is 10.3. The number of carboxylic acids is 1. The van der Waals surface area contributed by atoms with Crippen molar-refractivity contribution in [2.24, 2.45) is 0 Å². The smallest absolute Gasteiger partial charge is 0.534 e. The third-order valence-corrected chi connectivity index (χ3v) is 5.96. The average Bonchev–Trinajstić information content (AvgIpc) is 3.23. The van der Waals surface area contributed by atoms with Gasteiger partial charge < -0.3 is 25.0 Å². The van der Waals surface area contributed by atoms with Gasteiger partial charge >= 0.3 is 13.1 Å². The van der Waals surface area contributed by atoms with Crippen molar-refractivity contribution < 1.29 is 24.4 Å². The number of hydrogen-bond donors (Lipinski definition) is 3. The summed E-state index contributed by atoms with van der Waals surface area (Å²) in [4.78, 5) is 32.4. The highest BCUT2D eigenvalue weighted by molar-refractivity contribution is 7.13. The molecule has 0 aliphatic carbocycles. The van der Waals surface area contributed by atoms with Gasteiger partial charge in [-0.05, 0) is 18.1 Å². The van der Waals surface area contributed by atoms with Crippen LogP contribution in [0.3, 0.4) is 0 Å². The van der Waals surface area contributed by atoms with E-state index in [-0.39, 0.29) is 23.8 Å². The van der Waals surface area contributed by atoms with Crippen molar-refractivity contribution in [2.75, 3.05) is 37.6 Å². The monoisotopic (exact) mass is 416 g/mol. The number of hydrogen-bond acceptors (Lipinski definition) is 8. The lowest BCUT2D eigenvalue weighted by atomic mass is 9.72. The van der Waals surface area contributed by atoms with E-state index in [0.717, 1.165) is 31.3 Å². The molecular formula is C18H21BN4O5S. The number of fused-ring (bicyclic) bond motifs is 1. The van der Waals surface area contributed by atoms with E-state index in [9.17, 15) is 19.7 Å². The summed E-state index contributed by atoms with van der Waals surface area (Å²) in [5.74, 6) is -1.78. The third kappa shape index (κ3) is 4.36. The van der Waals surface area contributed by atoms with Crippen LogP contribution < -0.4 is 14.9 Å². The van der Waals surface area contributed by atoms with Crippen LogP contribution in [0.2, 0.25) is 0 Å². The molecule has 0 spiro atoms. The Labute approximate surface area is 172 Å². The molecule has 29 heavy (non-hydrogen) atoms. The largest absolute Gasteiger partial charge is 0.547 e. The molecule has 1 aromatic heterocycles. The molecule has 0 bridgehead atoms. The summed E-state index contributed by atoms with van der Waals surface area (Å²) in [6, 6.07) is 4.80. The second kappa shape index (κ2) is 8.40. The van der Waals surface area contributed by atoms with E-state index in [1.165, 1.54) is 6.07 Å². The number of amides is 1. The zero-order chi connectivity index (χ0) is 20.4. The number of para-hydroxylation sites is 1. The standard InChI is InChI=1S/C18H21BN4O5S/c24-15(11-22-5-7-23(8-6-22)18-20-4-9-29-18)21-14-10-12-2-1-3-13(17(25)26)16(12)28-19(14)27/h1-4,9,14,27H,5-8,10-11H2,(H,21,24)(H,25,26)/t14-/m0/s1. The Hall–Kier alpha value is -2.63. The van der Waals surface area contributed by atoms with Crippen molar-refractivity contribution in [2.45, 2.75) is 12.4 Å². The van der Waals surface area contributed by atoms with E-state index < -0.39 is 19.0 Å². The van der Waals surface area contributed by atoms with Crippen molar-refractivity contribution in [1.29, 1.82) is 0 Å². The number of aromatic nitrogens is 1. The molecule has 1 aromatic carbocycles. The summed E-state index contributed by atoms with van der Waals surface area (Å²) in [7, 11) is -1.30. The van der Waals surface area contributed by atoms with Crippen LogP contribution in [0.1, 0.15) is 15.9 Å². The summed E-state index contributed by atoms with van der Waals surface area (Å²) in [5, 5.41) is 25.3. The van der Waals surface area contributed by atoms with Gasteiger partial charge in [0.1, 0.15) is 5.75 Å². The molecular weight excluding hydrogens is 395 g/mol. The number of aromatic carboxylic acids is 1. The number of anilines is 1. The molecule has 2 aromatic rings. The Morgan fingerprint density at radius 2 is 2.10 bits per heavy atom. The topological polar surface area (TPSA) is 115 Å². The minimum absolute atomic E-state index is 0.00410. The van der Waals surface area contributed by atoms with Gasteiger partial charge in [-0.1, -0.05) is 12.1 Å². The predicted molar refractivity (Wildman–Crippen MR) is 108 cm³/mol. The number of carbonyl (C=O) groups excluding carboxylic acids is 1. The summed E-state index contributed by atoms with van der Waals surface area (Å²) < 4.78 is 5.42. The van der Waals surface area contributed by atoms with E-state index in [2.05, 4.69) is 20.1 Å². The maximum Gasteiger partial charge on any atom is 0.547 e. The first-order chi connectivity index (χ1) is 14.0. The molecule has 2 aliphatic heterocycles. The van der Waals surface area contributed by atoms with Gasteiger partial charge in [-0.2, -0.15) is 0 Å². The van der Waals surface area contributed by atoms with Crippen LogP contribution in [0, 0.1) is 0 Å². The minimum atomic E-state index is -1.30. The molecule has 1 amide bonds. The summed E-state index contributed by atoms with van der Waals surface area (Å²) in [6.07, 6.45) is 2.09. The van der Waals surface area contributed by atoms with Gasteiger partial charge in [0.25, 0.3) is 0 Å². The van der Waals surface area contributed by atoms with Gasteiger partial charge in [0, 0.05) is 37.8 Å². The second-order valence-corrected chi connectivity index (χ2v) is 7.94. The minimum Gasteiger partial charge on any atom is -0.534 e. The summed E-state index contributed by atoms with van der Waals surface area (Å²) in [5.41, 5.74) is 0.655. The van der Waals surface area contributed by atoms with Gasteiger partial charge in [0.15, 0.2) is 5.13 Å². The molecule has 0 unspecified atom stereocenters. The SMILES string of the molecule is O=C(CN1CCN(c2nccs2)CC1)N[C@H]1Cc2cccc(C(=O)O)c2OB1O. The number of piperazine rings is 1. The molecule has 1 fully saturated rings. The van der Waals surface area contributed by atoms with E-state index in [0.29, 0.717) is 12.0 Å². The number of carbonyl (C=O) groups is 2.